The van der Waals surface area contributed by atoms with E-state index in [1.807, 2.05) is 5.43 Å². The molecule has 0 aromatic heterocycles. The van der Waals surface area contributed by atoms with Gasteiger partial charge in [-0.25, -0.2) is 5.84 Å². The topological polar surface area (TPSA) is 78.7 Å². The lowest BCUT2D eigenvalue weighted by Gasteiger charge is -2.36. The molecule has 0 spiro atoms. The van der Waals surface area contributed by atoms with Gasteiger partial charge >= 0.3 is 0 Å². The quantitative estimate of drug-likeness (QED) is 0.364. The number of hydrazine groups is 1. The van der Waals surface area contributed by atoms with E-state index in [9.17, 15) is 9.59 Å². The lowest BCUT2D eigenvalue weighted by Crippen LogP contribution is -2.50. The molecule has 2 rings (SSSR count). The number of carbonyl (C=O) groups excluding carboxylic acids is 2. The second kappa shape index (κ2) is 6.58. The van der Waals surface area contributed by atoms with Crippen molar-refractivity contribution in [3.05, 3.63) is 29.3 Å². The van der Waals surface area contributed by atoms with Crippen LogP contribution in [0.15, 0.2) is 18.2 Å². The van der Waals surface area contributed by atoms with Gasteiger partial charge in [-0.3, -0.25) is 15.0 Å². The highest BCUT2D eigenvalue weighted by Gasteiger charge is 2.23. The van der Waals surface area contributed by atoms with Crippen LogP contribution in [0.3, 0.4) is 0 Å². The molecule has 0 saturated carbocycles. The number of benzene rings is 1. The van der Waals surface area contributed by atoms with Crippen LogP contribution in [0.2, 0.25) is 0 Å². The van der Waals surface area contributed by atoms with Crippen molar-refractivity contribution in [2.75, 3.05) is 31.1 Å². The van der Waals surface area contributed by atoms with Crippen LogP contribution in [0.1, 0.15) is 17.5 Å². The molecule has 114 valence electrons. The molecular formula is C15H22N4O2. The Morgan fingerprint density at radius 2 is 1.86 bits per heavy atom. The summed E-state index contributed by atoms with van der Waals surface area (Å²) in [5.74, 6) is 4.38. The highest BCUT2D eigenvalue weighted by molar-refractivity contribution is 5.96. The maximum absolute atomic E-state index is 11.9. The van der Waals surface area contributed by atoms with Gasteiger partial charge in [-0.2, -0.15) is 0 Å². The van der Waals surface area contributed by atoms with Crippen molar-refractivity contribution in [1.82, 2.24) is 10.3 Å². The van der Waals surface area contributed by atoms with Crippen LogP contribution in [0.5, 0.6) is 0 Å². The molecule has 1 fully saturated rings. The van der Waals surface area contributed by atoms with Crippen molar-refractivity contribution >= 4 is 17.5 Å². The zero-order chi connectivity index (χ0) is 15.4. The number of nitrogens with one attached hydrogen (secondary N) is 1. The summed E-state index contributed by atoms with van der Waals surface area (Å²) in [5.41, 5.74) is 5.70. The first-order valence-corrected chi connectivity index (χ1v) is 7.10. The standard InChI is InChI=1S/C15H22N4O2/c1-11-3-4-13(12(2)9-11)18-5-7-19(8-6-18)15(21)10-14(20)17-16/h3-4,9H,5-8,10,16H2,1-2H3,(H,17,20). The summed E-state index contributed by atoms with van der Waals surface area (Å²) < 4.78 is 0. The first-order chi connectivity index (χ1) is 10.0. The number of rotatable bonds is 3. The molecule has 21 heavy (non-hydrogen) atoms. The van der Waals surface area contributed by atoms with Gasteiger partial charge in [0.25, 0.3) is 0 Å². The maximum atomic E-state index is 11.9. The molecule has 3 N–H and O–H groups in total. The van der Waals surface area contributed by atoms with Gasteiger partial charge in [0.2, 0.25) is 11.8 Å². The largest absolute Gasteiger partial charge is 0.368 e. The maximum Gasteiger partial charge on any atom is 0.243 e. The minimum Gasteiger partial charge on any atom is -0.368 e. The fourth-order valence-corrected chi connectivity index (χ4v) is 2.66. The number of nitrogens with two attached hydrogens (primary N) is 1. The van der Waals surface area contributed by atoms with Crippen molar-refractivity contribution in [2.45, 2.75) is 20.3 Å². The monoisotopic (exact) mass is 290 g/mol. The summed E-state index contributed by atoms with van der Waals surface area (Å²) in [6.45, 7) is 7.00. The summed E-state index contributed by atoms with van der Waals surface area (Å²) in [7, 11) is 0. The molecular weight excluding hydrogens is 268 g/mol. The van der Waals surface area contributed by atoms with Crippen LogP contribution in [0.4, 0.5) is 5.69 Å². The van der Waals surface area contributed by atoms with Gasteiger partial charge < -0.3 is 9.80 Å². The first kappa shape index (κ1) is 15.3. The van der Waals surface area contributed by atoms with Gasteiger partial charge in [0.15, 0.2) is 0 Å². The van der Waals surface area contributed by atoms with Crippen molar-refractivity contribution in [1.29, 1.82) is 0 Å². The van der Waals surface area contributed by atoms with Crippen LogP contribution in [-0.4, -0.2) is 42.9 Å². The van der Waals surface area contributed by atoms with Crippen LogP contribution in [0, 0.1) is 13.8 Å². The van der Waals surface area contributed by atoms with E-state index in [4.69, 9.17) is 5.84 Å². The molecule has 1 saturated heterocycles. The van der Waals surface area contributed by atoms with Crippen LogP contribution >= 0.6 is 0 Å². The van der Waals surface area contributed by atoms with Crippen LogP contribution < -0.4 is 16.2 Å². The lowest BCUT2D eigenvalue weighted by molar-refractivity contribution is -0.136. The Balaban J connectivity index is 1.94. The van der Waals surface area contributed by atoms with E-state index in [1.165, 1.54) is 16.8 Å². The van der Waals surface area contributed by atoms with E-state index in [1.54, 1.807) is 4.90 Å². The molecule has 0 aliphatic carbocycles. The average molecular weight is 290 g/mol. The van der Waals surface area contributed by atoms with Crippen molar-refractivity contribution in [3.8, 4) is 0 Å². The molecule has 1 aliphatic heterocycles. The van der Waals surface area contributed by atoms with Crippen molar-refractivity contribution < 1.29 is 9.59 Å². The minimum atomic E-state index is -0.447. The number of piperazine rings is 1. The number of aryl methyl sites for hydroxylation is 2. The lowest BCUT2D eigenvalue weighted by atomic mass is 10.1. The predicted molar refractivity (Wildman–Crippen MR) is 81.7 cm³/mol. The van der Waals surface area contributed by atoms with Gasteiger partial charge in [0.1, 0.15) is 6.42 Å². The Hall–Kier alpha value is -2.08. The molecule has 1 heterocycles. The Labute approximate surface area is 124 Å². The smallest absolute Gasteiger partial charge is 0.243 e. The summed E-state index contributed by atoms with van der Waals surface area (Å²) in [4.78, 5) is 27.0. The molecule has 1 aromatic carbocycles. The highest BCUT2D eigenvalue weighted by Crippen LogP contribution is 2.22. The van der Waals surface area contributed by atoms with E-state index in [-0.39, 0.29) is 12.3 Å². The van der Waals surface area contributed by atoms with Gasteiger partial charge in [0, 0.05) is 31.9 Å². The second-order valence-corrected chi connectivity index (χ2v) is 5.40. The number of hydrogen-bond acceptors (Lipinski definition) is 4. The zero-order valence-electron chi connectivity index (χ0n) is 12.6. The van der Waals surface area contributed by atoms with Crippen LogP contribution in [0.25, 0.3) is 0 Å². The number of anilines is 1. The molecule has 1 aromatic rings. The summed E-state index contributed by atoms with van der Waals surface area (Å²) >= 11 is 0. The van der Waals surface area contributed by atoms with E-state index in [2.05, 4.69) is 36.9 Å². The Kier molecular flexibility index (Phi) is 4.80. The average Bonchev–Trinajstić information content (AvgIpc) is 2.47. The van der Waals surface area contributed by atoms with Gasteiger partial charge in [-0.15, -0.1) is 0 Å². The molecule has 6 heteroatoms. The van der Waals surface area contributed by atoms with Crippen molar-refractivity contribution in [3.63, 3.8) is 0 Å². The third kappa shape index (κ3) is 3.72. The molecule has 6 nitrogen and oxygen atoms in total. The van der Waals surface area contributed by atoms with E-state index in [0.717, 1.165) is 13.1 Å². The predicted octanol–water partition coefficient (Wildman–Crippen LogP) is 0.332. The van der Waals surface area contributed by atoms with Gasteiger partial charge in [-0.05, 0) is 25.5 Å². The fourth-order valence-electron chi connectivity index (χ4n) is 2.66. The third-order valence-corrected chi connectivity index (χ3v) is 3.80. The number of carbonyl (C=O) groups is 2. The SMILES string of the molecule is Cc1ccc(N2CCN(C(=O)CC(=O)NN)CC2)c(C)c1. The van der Waals surface area contributed by atoms with Gasteiger partial charge in [-0.1, -0.05) is 17.7 Å². The zero-order valence-corrected chi connectivity index (χ0v) is 12.6. The van der Waals surface area contributed by atoms with Crippen LogP contribution in [-0.2, 0) is 9.59 Å². The van der Waals surface area contributed by atoms with Gasteiger partial charge in [0.05, 0.1) is 0 Å². The summed E-state index contributed by atoms with van der Waals surface area (Å²) in [6, 6.07) is 6.40. The minimum absolute atomic E-state index is 0.168. The van der Waals surface area contributed by atoms with E-state index in [0.29, 0.717) is 13.1 Å². The summed E-state index contributed by atoms with van der Waals surface area (Å²) in [5, 5.41) is 0. The van der Waals surface area contributed by atoms with E-state index >= 15 is 0 Å². The van der Waals surface area contributed by atoms with Crippen molar-refractivity contribution in [2.24, 2.45) is 5.84 Å². The first-order valence-electron chi connectivity index (χ1n) is 7.10. The Morgan fingerprint density at radius 3 is 2.43 bits per heavy atom. The summed E-state index contributed by atoms with van der Waals surface area (Å²) in [6.07, 6.45) is -0.180. The Morgan fingerprint density at radius 1 is 1.19 bits per heavy atom. The number of hydrogen-bond donors (Lipinski definition) is 2. The molecule has 1 aliphatic rings. The number of nitrogens with zero attached hydrogens (tertiary/aromatic N) is 2. The third-order valence-electron chi connectivity index (χ3n) is 3.80. The normalized spacial score (nSPS) is 15.0. The Bertz CT molecular complexity index is 536. The number of amides is 2. The molecule has 2 amide bonds. The molecule has 0 atom stereocenters. The highest BCUT2D eigenvalue weighted by atomic mass is 16.2. The molecule has 0 bridgehead atoms. The fraction of sp³-hybridized carbons (Fsp3) is 0.467. The van der Waals surface area contributed by atoms with E-state index < -0.39 is 5.91 Å². The molecule has 0 radical (unpaired) electrons. The second-order valence-electron chi connectivity index (χ2n) is 5.40. The molecule has 0 unspecified atom stereocenters.